The van der Waals surface area contributed by atoms with Crippen molar-refractivity contribution in [1.82, 2.24) is 14.9 Å². The summed E-state index contributed by atoms with van der Waals surface area (Å²) in [4.78, 5) is 35.4. The summed E-state index contributed by atoms with van der Waals surface area (Å²) in [7, 11) is 0. The van der Waals surface area contributed by atoms with E-state index in [2.05, 4.69) is 26.7 Å². The minimum atomic E-state index is -0.865. The summed E-state index contributed by atoms with van der Waals surface area (Å²) in [6, 6.07) is 15.9. The lowest BCUT2D eigenvalue weighted by molar-refractivity contribution is -0.142. The third kappa shape index (κ3) is 8.26. The smallest absolute Gasteiger partial charge is 0.320 e. The van der Waals surface area contributed by atoms with Gasteiger partial charge in [-0.2, -0.15) is 5.26 Å². The maximum atomic E-state index is 13.4. The van der Waals surface area contributed by atoms with Gasteiger partial charge in [0.1, 0.15) is 36.3 Å². The van der Waals surface area contributed by atoms with Gasteiger partial charge in [-0.3, -0.25) is 24.5 Å². The molecule has 2 atom stereocenters. The van der Waals surface area contributed by atoms with Crippen molar-refractivity contribution in [2.75, 3.05) is 36.9 Å². The molecule has 0 bridgehead atoms. The maximum absolute atomic E-state index is 13.4. The van der Waals surface area contributed by atoms with Crippen molar-refractivity contribution in [3.05, 3.63) is 88.9 Å². The number of aromatic nitrogens is 2. The van der Waals surface area contributed by atoms with E-state index in [-0.39, 0.29) is 18.6 Å². The molecule has 2 saturated heterocycles. The van der Waals surface area contributed by atoms with Crippen LogP contribution < -0.4 is 20.1 Å². The maximum Gasteiger partial charge on any atom is 0.320 e. The molecule has 13 heteroatoms. The average molecular weight is 683 g/mol. The lowest BCUT2D eigenvalue weighted by Crippen LogP contribution is -2.42. The van der Waals surface area contributed by atoms with Crippen LogP contribution in [0.25, 0.3) is 10.9 Å². The Bertz CT molecular complexity index is 1920. The number of piperidine rings is 1. The van der Waals surface area contributed by atoms with Gasteiger partial charge in [0.05, 0.1) is 46.4 Å². The Hall–Kier alpha value is -5.22. The van der Waals surface area contributed by atoms with Gasteiger partial charge in [-0.1, -0.05) is 23.2 Å². The molecule has 0 aliphatic carbocycles. The van der Waals surface area contributed by atoms with Gasteiger partial charge in [0.2, 0.25) is 5.91 Å². The largest absolute Gasteiger partial charge is 0.486 e. The Morgan fingerprint density at radius 3 is 2.71 bits per heavy atom. The van der Waals surface area contributed by atoms with Crippen LogP contribution in [0.1, 0.15) is 37.4 Å². The van der Waals surface area contributed by atoms with Crippen molar-refractivity contribution in [2.24, 2.45) is 0 Å². The van der Waals surface area contributed by atoms with Crippen molar-refractivity contribution >= 4 is 51.4 Å². The van der Waals surface area contributed by atoms with Gasteiger partial charge in [-0.15, -0.1) is 0 Å². The molecule has 252 valence electrons. The van der Waals surface area contributed by atoms with Crippen molar-refractivity contribution in [1.29, 1.82) is 5.26 Å². The highest BCUT2D eigenvalue weighted by Crippen LogP contribution is 2.38. The lowest BCUT2D eigenvalue weighted by Gasteiger charge is -2.31. The molecule has 0 radical (unpaired) electrons. The van der Waals surface area contributed by atoms with Crippen molar-refractivity contribution in [3.63, 3.8) is 0 Å². The summed E-state index contributed by atoms with van der Waals surface area (Å²) in [6.07, 6.45) is 6.44. The van der Waals surface area contributed by atoms with Gasteiger partial charge in [-0.05, 0) is 56.2 Å². The third-order valence-electron chi connectivity index (χ3n) is 8.51. The molecule has 0 spiro atoms. The van der Waals surface area contributed by atoms with E-state index in [4.69, 9.17) is 25.8 Å². The molecule has 2 aliphatic rings. The lowest BCUT2D eigenvalue weighted by atomic mass is 10.0. The van der Waals surface area contributed by atoms with Crippen LogP contribution in [0.5, 0.6) is 11.5 Å². The molecule has 2 unspecified atom stereocenters. The molecule has 4 aromatic rings. The fourth-order valence-electron chi connectivity index (χ4n) is 5.75. The summed E-state index contributed by atoms with van der Waals surface area (Å²) in [5, 5.41) is 26.6. The molecule has 3 N–H and O–H groups in total. The van der Waals surface area contributed by atoms with Gasteiger partial charge in [0, 0.05) is 55.1 Å². The number of halogens is 1. The number of carbonyl (C=O) groups is 2. The average Bonchev–Trinajstić information content (AvgIpc) is 3.62. The second-order valence-corrected chi connectivity index (χ2v) is 12.3. The van der Waals surface area contributed by atoms with Crippen LogP contribution in [0.4, 0.5) is 17.1 Å². The number of rotatable bonds is 11. The summed E-state index contributed by atoms with van der Waals surface area (Å²) in [6.45, 7) is 4.04. The summed E-state index contributed by atoms with van der Waals surface area (Å²) >= 11 is 6.58. The van der Waals surface area contributed by atoms with Crippen molar-refractivity contribution < 1.29 is 28.9 Å². The normalized spacial score (nSPS) is 16.8. The zero-order valence-corrected chi connectivity index (χ0v) is 27.6. The fraction of sp³-hybridized carbons (Fsp3) is 0.306. The minimum Gasteiger partial charge on any atom is -0.486 e. The first-order valence-electron chi connectivity index (χ1n) is 15.9. The standard InChI is InChI=1S/C36H35ClN6O6/c1-22(36(45)46)43-11-7-23(8-12-43)14-34(44)42-31-16-28-30(17-33(31)49-27-9-13-47-21-27)40-19-24(18-38)35(28)41-25-5-6-32(29(37)15-25)48-20-26-4-2-3-10-39-26/h2-6,10,14-17,19,22,27H,7-9,11-13,20-21H2,1H3,(H,40,41)(H,42,44)(H,45,46). The molecule has 4 heterocycles. The zero-order valence-electron chi connectivity index (χ0n) is 26.8. The number of carbonyl (C=O) groups excluding carboxylic acids is 1. The first kappa shape index (κ1) is 33.7. The quantitative estimate of drug-likeness (QED) is 0.157. The van der Waals surface area contributed by atoms with E-state index in [9.17, 15) is 20.0 Å². The van der Waals surface area contributed by atoms with E-state index in [1.807, 2.05) is 23.1 Å². The molecule has 2 fully saturated rings. The first-order chi connectivity index (χ1) is 23.8. The SMILES string of the molecule is CC(C(=O)O)N1CCC(=CC(=O)Nc2cc3c(Nc4ccc(OCc5ccccn5)c(Cl)c4)c(C#N)cnc3cc2OC2CCOC2)CC1. The van der Waals surface area contributed by atoms with Gasteiger partial charge < -0.3 is 30.0 Å². The monoisotopic (exact) mass is 682 g/mol. The molecule has 2 aromatic heterocycles. The Kier molecular flexibility index (Phi) is 10.5. The van der Waals surface area contributed by atoms with E-state index in [0.717, 1.165) is 11.3 Å². The molecular formula is C36H35ClN6O6. The molecule has 2 aromatic carbocycles. The summed E-state index contributed by atoms with van der Waals surface area (Å²) < 4.78 is 17.7. The van der Waals surface area contributed by atoms with Crippen LogP contribution in [0, 0.1) is 11.3 Å². The number of nitriles is 1. The highest BCUT2D eigenvalue weighted by atomic mass is 35.5. The van der Waals surface area contributed by atoms with E-state index < -0.39 is 12.0 Å². The number of hydrogen-bond donors (Lipinski definition) is 3. The summed E-state index contributed by atoms with van der Waals surface area (Å²) in [5.41, 5.74) is 4.04. The molecule has 6 rings (SSSR count). The minimum absolute atomic E-state index is 0.191. The highest BCUT2D eigenvalue weighted by Gasteiger charge is 2.25. The van der Waals surface area contributed by atoms with Crippen LogP contribution >= 0.6 is 11.6 Å². The number of hydrogen-bond acceptors (Lipinski definition) is 10. The zero-order chi connectivity index (χ0) is 34.3. The van der Waals surface area contributed by atoms with E-state index >= 15 is 0 Å². The number of likely N-dealkylation sites (tertiary alicyclic amines) is 1. The van der Waals surface area contributed by atoms with Crippen LogP contribution in [-0.2, 0) is 20.9 Å². The first-order valence-corrected chi connectivity index (χ1v) is 16.3. The van der Waals surface area contributed by atoms with Gasteiger partial charge in [0.15, 0.2) is 0 Å². The third-order valence-corrected chi connectivity index (χ3v) is 8.81. The molecule has 12 nitrogen and oxygen atoms in total. The number of pyridine rings is 2. The number of benzene rings is 2. The molecule has 1 amide bonds. The van der Waals surface area contributed by atoms with Crippen molar-refractivity contribution in [3.8, 4) is 17.6 Å². The number of nitrogens with zero attached hydrogens (tertiary/aromatic N) is 4. The van der Waals surface area contributed by atoms with Crippen molar-refractivity contribution in [2.45, 2.75) is 44.9 Å². The number of fused-ring (bicyclic) bond motifs is 1. The van der Waals surface area contributed by atoms with Crippen LogP contribution in [0.2, 0.25) is 5.02 Å². The van der Waals surface area contributed by atoms with E-state index in [0.29, 0.717) is 95.6 Å². The summed E-state index contributed by atoms with van der Waals surface area (Å²) in [5.74, 6) is -0.291. The van der Waals surface area contributed by atoms with Gasteiger partial charge in [0.25, 0.3) is 0 Å². The van der Waals surface area contributed by atoms with Gasteiger partial charge in [-0.25, -0.2) is 0 Å². The number of aliphatic carboxylic acids is 1. The molecule has 0 saturated carbocycles. The second kappa shape index (κ2) is 15.3. The number of amides is 1. The Balaban J connectivity index is 1.27. The molecular weight excluding hydrogens is 648 g/mol. The Labute approximate surface area is 288 Å². The Morgan fingerprint density at radius 2 is 2.02 bits per heavy atom. The predicted octanol–water partition coefficient (Wildman–Crippen LogP) is 6.08. The predicted molar refractivity (Wildman–Crippen MR) is 184 cm³/mol. The van der Waals surface area contributed by atoms with E-state index in [1.54, 1.807) is 49.5 Å². The van der Waals surface area contributed by atoms with Gasteiger partial charge >= 0.3 is 5.97 Å². The molecule has 2 aliphatic heterocycles. The number of ether oxygens (including phenoxy) is 3. The number of nitrogens with one attached hydrogen (secondary N) is 2. The number of carboxylic acid groups (broad SMARTS) is 1. The fourth-order valence-corrected chi connectivity index (χ4v) is 5.98. The Morgan fingerprint density at radius 1 is 1.18 bits per heavy atom. The van der Waals surface area contributed by atoms with E-state index in [1.165, 1.54) is 6.20 Å². The number of anilines is 3. The van der Waals surface area contributed by atoms with Crippen LogP contribution in [0.15, 0.2) is 72.6 Å². The topological polar surface area (TPSA) is 159 Å². The van der Waals surface area contributed by atoms with Crippen LogP contribution in [-0.4, -0.2) is 70.3 Å². The highest BCUT2D eigenvalue weighted by molar-refractivity contribution is 6.32. The van der Waals surface area contributed by atoms with Crippen LogP contribution in [0.3, 0.4) is 0 Å². The number of carboxylic acids is 1. The second-order valence-electron chi connectivity index (χ2n) is 11.8. The molecule has 49 heavy (non-hydrogen) atoms.